The van der Waals surface area contributed by atoms with Crippen molar-refractivity contribution in [1.29, 1.82) is 0 Å². The summed E-state index contributed by atoms with van der Waals surface area (Å²) in [4.78, 5) is 0. The van der Waals surface area contributed by atoms with Gasteiger partial charge in [0.05, 0.1) is 11.8 Å². The standard InChI is InChI=1S/C8H12F2N2/c1-6(2)8(9,10)7-4-11-12(3)5-7/h4-6H,1-3H3. The maximum atomic E-state index is 13.2. The van der Waals surface area contributed by atoms with Crippen molar-refractivity contribution in [1.82, 2.24) is 9.78 Å². The van der Waals surface area contributed by atoms with Crippen LogP contribution in [0.3, 0.4) is 0 Å². The second-order valence-electron chi connectivity index (χ2n) is 3.18. The monoisotopic (exact) mass is 174 g/mol. The van der Waals surface area contributed by atoms with E-state index in [9.17, 15) is 8.78 Å². The zero-order chi connectivity index (χ0) is 9.35. The molecule has 1 rings (SSSR count). The van der Waals surface area contributed by atoms with Gasteiger partial charge >= 0.3 is 0 Å². The summed E-state index contributed by atoms with van der Waals surface area (Å²) < 4.78 is 27.9. The third-order valence-corrected chi connectivity index (χ3v) is 1.81. The highest BCUT2D eigenvalue weighted by atomic mass is 19.3. The summed E-state index contributed by atoms with van der Waals surface area (Å²) >= 11 is 0. The van der Waals surface area contributed by atoms with Gasteiger partial charge in [-0.15, -0.1) is 0 Å². The highest BCUT2D eigenvalue weighted by Gasteiger charge is 2.36. The van der Waals surface area contributed by atoms with Gasteiger partial charge in [0.2, 0.25) is 0 Å². The molecule has 4 heteroatoms. The van der Waals surface area contributed by atoms with Crippen molar-refractivity contribution < 1.29 is 8.78 Å². The van der Waals surface area contributed by atoms with Gasteiger partial charge in [-0.25, -0.2) is 8.78 Å². The van der Waals surface area contributed by atoms with Crippen LogP contribution in [0, 0.1) is 5.92 Å². The first-order valence-electron chi connectivity index (χ1n) is 3.81. The molecule has 0 aliphatic carbocycles. The SMILES string of the molecule is CC(C)C(F)(F)c1cnn(C)c1. The Morgan fingerprint density at radius 2 is 2.08 bits per heavy atom. The van der Waals surface area contributed by atoms with E-state index in [1.165, 1.54) is 30.9 Å². The van der Waals surface area contributed by atoms with Crippen LogP contribution in [0.4, 0.5) is 8.78 Å². The Morgan fingerprint density at radius 1 is 1.50 bits per heavy atom. The van der Waals surface area contributed by atoms with Crippen LogP contribution >= 0.6 is 0 Å². The Kier molecular flexibility index (Phi) is 2.17. The molecule has 0 saturated heterocycles. The molecule has 68 valence electrons. The van der Waals surface area contributed by atoms with Crippen molar-refractivity contribution in [2.45, 2.75) is 19.8 Å². The van der Waals surface area contributed by atoms with Gasteiger partial charge in [-0.05, 0) is 0 Å². The van der Waals surface area contributed by atoms with Crippen LogP contribution in [0.25, 0.3) is 0 Å². The van der Waals surface area contributed by atoms with E-state index in [0.29, 0.717) is 0 Å². The summed E-state index contributed by atoms with van der Waals surface area (Å²) in [5.74, 6) is -3.46. The lowest BCUT2D eigenvalue weighted by atomic mass is 10.0. The van der Waals surface area contributed by atoms with E-state index in [-0.39, 0.29) is 5.56 Å². The van der Waals surface area contributed by atoms with Crippen LogP contribution in [0.15, 0.2) is 12.4 Å². The van der Waals surface area contributed by atoms with Crippen LogP contribution in [0.1, 0.15) is 19.4 Å². The Hall–Kier alpha value is -0.930. The largest absolute Gasteiger partial charge is 0.278 e. The smallest absolute Gasteiger partial charge is 0.275 e. The maximum Gasteiger partial charge on any atom is 0.278 e. The lowest BCUT2D eigenvalue weighted by Crippen LogP contribution is -2.20. The zero-order valence-electron chi connectivity index (χ0n) is 7.38. The number of alkyl halides is 2. The van der Waals surface area contributed by atoms with Crippen LogP contribution in [-0.2, 0) is 13.0 Å². The van der Waals surface area contributed by atoms with E-state index in [4.69, 9.17) is 0 Å². The Labute approximate surface area is 70.2 Å². The maximum absolute atomic E-state index is 13.2. The van der Waals surface area contributed by atoms with Gasteiger partial charge in [-0.3, -0.25) is 4.68 Å². The van der Waals surface area contributed by atoms with Crippen molar-refractivity contribution in [3.63, 3.8) is 0 Å². The summed E-state index contributed by atoms with van der Waals surface area (Å²) in [6.45, 7) is 2.99. The van der Waals surface area contributed by atoms with E-state index >= 15 is 0 Å². The molecule has 0 bridgehead atoms. The van der Waals surface area contributed by atoms with E-state index in [0.717, 1.165) is 0 Å². The van der Waals surface area contributed by atoms with E-state index in [2.05, 4.69) is 5.10 Å². The first kappa shape index (κ1) is 9.16. The molecule has 0 spiro atoms. The normalized spacial score (nSPS) is 12.5. The Bertz CT molecular complexity index is 266. The molecule has 0 aliphatic rings. The molecule has 1 aromatic rings. The van der Waals surface area contributed by atoms with Crippen molar-refractivity contribution in [3.05, 3.63) is 18.0 Å². The van der Waals surface area contributed by atoms with Gasteiger partial charge in [0.25, 0.3) is 5.92 Å². The Balaban J connectivity index is 2.97. The molecule has 0 radical (unpaired) electrons. The molecule has 0 aliphatic heterocycles. The van der Waals surface area contributed by atoms with Gasteiger partial charge in [0, 0.05) is 19.2 Å². The second kappa shape index (κ2) is 2.84. The number of halogens is 2. The number of aryl methyl sites for hydroxylation is 1. The third-order valence-electron chi connectivity index (χ3n) is 1.81. The molecular weight excluding hydrogens is 162 g/mol. The number of hydrogen-bond acceptors (Lipinski definition) is 1. The quantitative estimate of drug-likeness (QED) is 0.671. The van der Waals surface area contributed by atoms with Gasteiger partial charge in [0.15, 0.2) is 0 Å². The number of aromatic nitrogens is 2. The third kappa shape index (κ3) is 1.47. The molecule has 0 fully saturated rings. The molecule has 0 aromatic carbocycles. The van der Waals surface area contributed by atoms with E-state index < -0.39 is 11.8 Å². The van der Waals surface area contributed by atoms with Gasteiger partial charge < -0.3 is 0 Å². The van der Waals surface area contributed by atoms with Gasteiger partial charge in [-0.1, -0.05) is 13.8 Å². The summed E-state index contributed by atoms with van der Waals surface area (Å²) in [6.07, 6.45) is 2.56. The molecule has 0 atom stereocenters. The number of nitrogens with zero attached hydrogens (tertiary/aromatic N) is 2. The van der Waals surface area contributed by atoms with Gasteiger partial charge in [-0.2, -0.15) is 5.10 Å². The summed E-state index contributed by atoms with van der Waals surface area (Å²) in [5.41, 5.74) is -0.0139. The zero-order valence-corrected chi connectivity index (χ0v) is 7.38. The van der Waals surface area contributed by atoms with E-state index in [1.54, 1.807) is 7.05 Å². The van der Waals surface area contributed by atoms with Crippen molar-refractivity contribution in [3.8, 4) is 0 Å². The predicted octanol–water partition coefficient (Wildman–Crippen LogP) is 2.17. The first-order valence-corrected chi connectivity index (χ1v) is 3.81. The fourth-order valence-electron chi connectivity index (χ4n) is 0.927. The lowest BCUT2D eigenvalue weighted by Gasteiger charge is -2.18. The molecule has 0 unspecified atom stereocenters. The first-order chi connectivity index (χ1) is 5.44. The van der Waals surface area contributed by atoms with Crippen molar-refractivity contribution in [2.75, 3.05) is 0 Å². The van der Waals surface area contributed by atoms with Crippen LogP contribution in [-0.4, -0.2) is 9.78 Å². The van der Waals surface area contributed by atoms with Crippen LogP contribution < -0.4 is 0 Å². The molecule has 2 nitrogen and oxygen atoms in total. The molecule has 0 saturated carbocycles. The molecular formula is C8H12F2N2. The topological polar surface area (TPSA) is 17.8 Å². The minimum absolute atomic E-state index is 0.0139. The fourth-order valence-corrected chi connectivity index (χ4v) is 0.927. The summed E-state index contributed by atoms with van der Waals surface area (Å²) in [6, 6.07) is 0. The highest BCUT2D eigenvalue weighted by Crippen LogP contribution is 2.34. The fraction of sp³-hybridized carbons (Fsp3) is 0.625. The molecule has 1 aromatic heterocycles. The number of rotatable bonds is 2. The van der Waals surface area contributed by atoms with E-state index in [1.807, 2.05) is 0 Å². The predicted molar refractivity (Wildman–Crippen MR) is 41.9 cm³/mol. The minimum Gasteiger partial charge on any atom is -0.275 e. The summed E-state index contributed by atoms with van der Waals surface area (Å²) in [7, 11) is 1.62. The molecule has 0 amide bonds. The van der Waals surface area contributed by atoms with Crippen molar-refractivity contribution in [2.24, 2.45) is 13.0 Å². The molecule has 12 heavy (non-hydrogen) atoms. The Morgan fingerprint density at radius 3 is 2.42 bits per heavy atom. The van der Waals surface area contributed by atoms with Crippen LogP contribution in [0.2, 0.25) is 0 Å². The van der Waals surface area contributed by atoms with Crippen LogP contribution in [0.5, 0.6) is 0 Å². The average Bonchev–Trinajstić information content (AvgIpc) is 2.35. The van der Waals surface area contributed by atoms with Gasteiger partial charge in [0.1, 0.15) is 0 Å². The second-order valence-corrected chi connectivity index (χ2v) is 3.18. The highest BCUT2D eigenvalue weighted by molar-refractivity contribution is 5.12. The average molecular weight is 174 g/mol. The summed E-state index contributed by atoms with van der Waals surface area (Å²) in [5, 5.41) is 3.70. The lowest BCUT2D eigenvalue weighted by molar-refractivity contribution is -0.0514. The minimum atomic E-state index is -2.77. The molecule has 1 heterocycles. The molecule has 0 N–H and O–H groups in total. The van der Waals surface area contributed by atoms with Crippen molar-refractivity contribution >= 4 is 0 Å². The number of hydrogen-bond donors (Lipinski definition) is 0.